The maximum Gasteiger partial charge on any atom is 0.211 e. The van der Waals surface area contributed by atoms with Crippen molar-refractivity contribution in [2.75, 3.05) is 27.0 Å². The number of hydrogen-bond acceptors (Lipinski definition) is 4. The van der Waals surface area contributed by atoms with E-state index in [1.165, 1.54) is 6.26 Å². The summed E-state index contributed by atoms with van der Waals surface area (Å²) in [4.78, 5) is 0. The minimum absolute atomic E-state index is 0.102. The van der Waals surface area contributed by atoms with Crippen LogP contribution >= 0.6 is 0 Å². The quantitative estimate of drug-likeness (QED) is 0.846. The fourth-order valence-electron chi connectivity index (χ4n) is 2.53. The molecule has 0 bridgehead atoms. The van der Waals surface area contributed by atoms with E-state index in [2.05, 4.69) is 0 Å². The van der Waals surface area contributed by atoms with Gasteiger partial charge in [0.1, 0.15) is 0 Å². The average Bonchev–Trinajstić information content (AvgIpc) is 2.87. The molecule has 1 aliphatic heterocycles. The third kappa shape index (κ3) is 2.84. The number of methoxy groups -OCH3 is 2. The Kier molecular flexibility index (Phi) is 4.01. The van der Waals surface area contributed by atoms with Crippen LogP contribution in [-0.4, -0.2) is 39.7 Å². The highest BCUT2D eigenvalue weighted by atomic mass is 32.2. The van der Waals surface area contributed by atoms with Gasteiger partial charge in [0, 0.05) is 12.6 Å². The lowest BCUT2D eigenvalue weighted by Gasteiger charge is -2.23. The van der Waals surface area contributed by atoms with Crippen molar-refractivity contribution >= 4 is 10.0 Å². The summed E-state index contributed by atoms with van der Waals surface area (Å²) in [5.41, 5.74) is 0.945. The van der Waals surface area contributed by atoms with Crippen molar-refractivity contribution in [1.29, 1.82) is 0 Å². The van der Waals surface area contributed by atoms with Crippen LogP contribution in [0.25, 0.3) is 0 Å². The fourth-order valence-corrected chi connectivity index (χ4v) is 3.68. The van der Waals surface area contributed by atoms with E-state index in [0.29, 0.717) is 18.0 Å². The van der Waals surface area contributed by atoms with Gasteiger partial charge in [0.25, 0.3) is 0 Å². The van der Waals surface area contributed by atoms with Crippen LogP contribution in [0.4, 0.5) is 0 Å². The van der Waals surface area contributed by atoms with Gasteiger partial charge >= 0.3 is 0 Å². The fraction of sp³-hybridized carbons (Fsp3) is 0.538. The van der Waals surface area contributed by atoms with Crippen molar-refractivity contribution in [3.63, 3.8) is 0 Å². The zero-order valence-electron chi connectivity index (χ0n) is 11.4. The third-order valence-corrected chi connectivity index (χ3v) is 4.71. The summed E-state index contributed by atoms with van der Waals surface area (Å²) in [6.45, 7) is 0.581. The largest absolute Gasteiger partial charge is 0.493 e. The number of sulfonamides is 1. The molecule has 0 saturated carbocycles. The van der Waals surface area contributed by atoms with Crippen LogP contribution in [0.2, 0.25) is 0 Å². The first-order valence-electron chi connectivity index (χ1n) is 6.16. The van der Waals surface area contributed by atoms with Crippen LogP contribution < -0.4 is 9.47 Å². The molecule has 5 nitrogen and oxygen atoms in total. The highest BCUT2D eigenvalue weighted by Gasteiger charge is 2.32. The van der Waals surface area contributed by atoms with Crippen molar-refractivity contribution in [1.82, 2.24) is 4.31 Å². The molecule has 0 amide bonds. The molecule has 1 fully saturated rings. The van der Waals surface area contributed by atoms with Gasteiger partial charge in [0.05, 0.1) is 20.5 Å². The molecule has 1 aromatic rings. The van der Waals surface area contributed by atoms with Crippen LogP contribution in [0.5, 0.6) is 11.5 Å². The van der Waals surface area contributed by atoms with Crippen molar-refractivity contribution < 1.29 is 17.9 Å². The second-order valence-electron chi connectivity index (χ2n) is 4.65. The Morgan fingerprint density at radius 3 is 2.47 bits per heavy atom. The Balaban J connectivity index is 2.36. The number of nitrogens with zero attached hydrogens (tertiary/aromatic N) is 1. The molecule has 1 atom stereocenters. The molecule has 1 unspecified atom stereocenters. The van der Waals surface area contributed by atoms with Crippen molar-refractivity contribution in [3.8, 4) is 11.5 Å². The summed E-state index contributed by atoms with van der Waals surface area (Å²) >= 11 is 0. The summed E-state index contributed by atoms with van der Waals surface area (Å²) < 4.78 is 35.5. The highest BCUT2D eigenvalue weighted by Crippen LogP contribution is 2.37. The molecule has 19 heavy (non-hydrogen) atoms. The van der Waals surface area contributed by atoms with E-state index >= 15 is 0 Å². The minimum Gasteiger partial charge on any atom is -0.493 e. The lowest BCUT2D eigenvalue weighted by molar-refractivity contribution is 0.351. The molecule has 1 aliphatic rings. The van der Waals surface area contributed by atoms with Gasteiger partial charge in [-0.1, -0.05) is 6.07 Å². The van der Waals surface area contributed by atoms with E-state index in [-0.39, 0.29) is 6.04 Å². The Morgan fingerprint density at radius 1 is 1.21 bits per heavy atom. The maximum absolute atomic E-state index is 11.8. The van der Waals surface area contributed by atoms with E-state index in [9.17, 15) is 8.42 Å². The van der Waals surface area contributed by atoms with Gasteiger partial charge in [-0.25, -0.2) is 8.42 Å². The van der Waals surface area contributed by atoms with E-state index in [1.54, 1.807) is 18.5 Å². The number of hydrogen-bond donors (Lipinski definition) is 0. The highest BCUT2D eigenvalue weighted by molar-refractivity contribution is 7.88. The first-order chi connectivity index (χ1) is 8.97. The van der Waals surface area contributed by atoms with Crippen LogP contribution in [-0.2, 0) is 10.0 Å². The normalized spacial score (nSPS) is 20.5. The molecule has 0 radical (unpaired) electrons. The van der Waals surface area contributed by atoms with Gasteiger partial charge in [0.15, 0.2) is 11.5 Å². The Labute approximate surface area is 114 Å². The molecule has 0 aromatic heterocycles. The summed E-state index contributed by atoms with van der Waals surface area (Å²) in [6.07, 6.45) is 2.97. The Morgan fingerprint density at radius 2 is 1.89 bits per heavy atom. The van der Waals surface area contributed by atoms with E-state index in [1.807, 2.05) is 18.2 Å². The zero-order valence-corrected chi connectivity index (χ0v) is 12.2. The standard InChI is InChI=1S/C13H19NO4S/c1-17-12-7-6-10(9-13(12)18-2)11-5-4-8-14(11)19(3,15)16/h6-7,9,11H,4-5,8H2,1-3H3. The summed E-state index contributed by atoms with van der Waals surface area (Å²) in [6, 6.07) is 5.46. The summed E-state index contributed by atoms with van der Waals surface area (Å²) in [5.74, 6) is 1.27. The molecule has 1 aromatic carbocycles. The number of benzene rings is 1. The van der Waals surface area contributed by atoms with Crippen molar-refractivity contribution in [2.45, 2.75) is 18.9 Å². The third-order valence-electron chi connectivity index (χ3n) is 3.42. The predicted molar refractivity (Wildman–Crippen MR) is 73.1 cm³/mol. The topological polar surface area (TPSA) is 55.8 Å². The molecule has 6 heteroatoms. The van der Waals surface area contributed by atoms with E-state index < -0.39 is 10.0 Å². The van der Waals surface area contributed by atoms with Gasteiger partial charge in [0.2, 0.25) is 10.0 Å². The second kappa shape index (κ2) is 5.38. The molecule has 0 N–H and O–H groups in total. The summed E-state index contributed by atoms with van der Waals surface area (Å²) in [7, 11) is -0.0206. The first-order valence-corrected chi connectivity index (χ1v) is 8.01. The Hall–Kier alpha value is -1.27. The number of rotatable bonds is 4. The molecule has 0 aliphatic carbocycles. The van der Waals surface area contributed by atoms with Gasteiger partial charge in [-0.15, -0.1) is 0 Å². The summed E-state index contributed by atoms with van der Waals surface area (Å²) in [5, 5.41) is 0. The van der Waals surface area contributed by atoms with Gasteiger partial charge < -0.3 is 9.47 Å². The monoisotopic (exact) mass is 285 g/mol. The van der Waals surface area contributed by atoms with Crippen LogP contribution in [0.15, 0.2) is 18.2 Å². The van der Waals surface area contributed by atoms with Crippen LogP contribution in [0.1, 0.15) is 24.4 Å². The molecule has 1 heterocycles. The molecular weight excluding hydrogens is 266 g/mol. The van der Waals surface area contributed by atoms with Crippen LogP contribution in [0, 0.1) is 0 Å². The SMILES string of the molecule is COc1ccc(C2CCCN2S(C)(=O)=O)cc1OC. The predicted octanol–water partition coefficient (Wildman–Crippen LogP) is 1.80. The van der Waals surface area contributed by atoms with Gasteiger partial charge in [-0.05, 0) is 30.5 Å². The number of ether oxygens (including phenoxy) is 2. The smallest absolute Gasteiger partial charge is 0.211 e. The van der Waals surface area contributed by atoms with Gasteiger partial charge in [-0.2, -0.15) is 4.31 Å². The lowest BCUT2D eigenvalue weighted by Crippen LogP contribution is -2.29. The van der Waals surface area contributed by atoms with E-state index in [4.69, 9.17) is 9.47 Å². The van der Waals surface area contributed by atoms with E-state index in [0.717, 1.165) is 18.4 Å². The van der Waals surface area contributed by atoms with Crippen molar-refractivity contribution in [2.24, 2.45) is 0 Å². The molecule has 106 valence electrons. The average molecular weight is 285 g/mol. The van der Waals surface area contributed by atoms with Gasteiger partial charge in [-0.3, -0.25) is 0 Å². The zero-order chi connectivity index (χ0) is 14.0. The lowest BCUT2D eigenvalue weighted by atomic mass is 10.0. The molecule has 0 spiro atoms. The van der Waals surface area contributed by atoms with Crippen molar-refractivity contribution in [3.05, 3.63) is 23.8 Å². The minimum atomic E-state index is -3.17. The first kappa shape index (κ1) is 14.1. The molecular formula is C13H19NO4S. The second-order valence-corrected chi connectivity index (χ2v) is 6.58. The molecule has 2 rings (SSSR count). The van der Waals surface area contributed by atoms with Crippen LogP contribution in [0.3, 0.4) is 0 Å². The Bertz CT molecular complexity index is 556. The molecule has 1 saturated heterocycles. The maximum atomic E-state index is 11.8.